The van der Waals surface area contributed by atoms with Gasteiger partial charge in [0.25, 0.3) is 0 Å². The highest BCUT2D eigenvalue weighted by atomic mass is 127. The second-order valence-electron chi connectivity index (χ2n) is 4.20. The van der Waals surface area contributed by atoms with Crippen molar-refractivity contribution in [3.05, 3.63) is 27.8 Å². The van der Waals surface area contributed by atoms with Crippen LogP contribution in [0.1, 0.15) is 6.92 Å². The van der Waals surface area contributed by atoms with E-state index in [1.807, 2.05) is 31.2 Å². The highest BCUT2D eigenvalue weighted by molar-refractivity contribution is 14.1. The maximum absolute atomic E-state index is 11.9. The lowest BCUT2D eigenvalue weighted by molar-refractivity contribution is -0.121. The topological polar surface area (TPSA) is 41.1 Å². The Morgan fingerprint density at radius 3 is 2.47 bits per heavy atom. The molecule has 0 bridgehead atoms. The Balaban J connectivity index is 0.00000144. The molecule has 1 aliphatic heterocycles. The molecule has 0 aromatic heterocycles. The average Bonchev–Trinajstić information content (AvgIpc) is 2.19. The number of carbonyl (C=O) groups is 1. The maximum Gasteiger partial charge on any atom is 0.227 e. The van der Waals surface area contributed by atoms with Crippen LogP contribution in [0.3, 0.4) is 0 Å². The predicted molar refractivity (Wildman–Crippen MR) is 80.6 cm³/mol. The largest absolute Gasteiger partial charge is 0.326 e. The molecule has 3 nitrogen and oxygen atoms in total. The lowest BCUT2D eigenvalue weighted by Crippen LogP contribution is -2.48. The van der Waals surface area contributed by atoms with Crippen molar-refractivity contribution in [3.63, 3.8) is 0 Å². The molecule has 0 spiro atoms. The molecule has 1 fully saturated rings. The van der Waals surface area contributed by atoms with Crippen molar-refractivity contribution in [3.8, 4) is 0 Å². The fourth-order valence-corrected chi connectivity index (χ4v) is 2.03. The second kappa shape index (κ2) is 6.56. The van der Waals surface area contributed by atoms with Crippen LogP contribution in [0.5, 0.6) is 0 Å². The fraction of sp³-hybridized carbons (Fsp3) is 0.417. The molecule has 2 rings (SSSR count). The summed E-state index contributed by atoms with van der Waals surface area (Å²) in [4.78, 5) is 11.9. The van der Waals surface area contributed by atoms with Crippen molar-refractivity contribution in [2.45, 2.75) is 6.92 Å². The monoisotopic (exact) mass is 366 g/mol. The van der Waals surface area contributed by atoms with Gasteiger partial charge in [-0.3, -0.25) is 4.79 Å². The molecule has 1 saturated heterocycles. The van der Waals surface area contributed by atoms with Gasteiger partial charge in [-0.1, -0.05) is 6.92 Å². The van der Waals surface area contributed by atoms with Crippen molar-refractivity contribution < 1.29 is 4.79 Å². The van der Waals surface area contributed by atoms with Crippen LogP contribution in [0, 0.1) is 15.4 Å². The van der Waals surface area contributed by atoms with Gasteiger partial charge in [0.15, 0.2) is 0 Å². The first kappa shape index (κ1) is 14.7. The minimum Gasteiger partial charge on any atom is -0.326 e. The van der Waals surface area contributed by atoms with Crippen molar-refractivity contribution in [1.82, 2.24) is 5.32 Å². The van der Waals surface area contributed by atoms with Gasteiger partial charge in [-0.15, -0.1) is 12.4 Å². The normalized spacial score (nSPS) is 16.6. The van der Waals surface area contributed by atoms with Gasteiger partial charge in [-0.05, 0) is 65.9 Å². The minimum absolute atomic E-state index is 0. The van der Waals surface area contributed by atoms with Crippen LogP contribution in [0.4, 0.5) is 5.69 Å². The lowest BCUT2D eigenvalue weighted by atomic mass is 9.88. The molecule has 94 valence electrons. The van der Waals surface area contributed by atoms with Crippen LogP contribution in [0.2, 0.25) is 0 Å². The summed E-state index contributed by atoms with van der Waals surface area (Å²) in [6, 6.07) is 7.86. The Kier molecular flexibility index (Phi) is 5.69. The summed E-state index contributed by atoms with van der Waals surface area (Å²) >= 11 is 2.25. The highest BCUT2D eigenvalue weighted by Crippen LogP contribution is 2.18. The van der Waals surface area contributed by atoms with E-state index in [1.54, 1.807) is 0 Å². The standard InChI is InChI=1S/C12H15IN2O.ClH/c1-8(9-6-14-7-9)12(16)15-11-4-2-10(13)3-5-11;/h2-5,8-9,14H,6-7H2,1H3,(H,15,16);1H. The van der Waals surface area contributed by atoms with Crippen molar-refractivity contribution in [1.29, 1.82) is 0 Å². The van der Waals surface area contributed by atoms with E-state index < -0.39 is 0 Å². The number of rotatable bonds is 3. The number of carbonyl (C=O) groups excluding carboxylic acids is 1. The zero-order valence-corrected chi connectivity index (χ0v) is 12.5. The Hall–Kier alpha value is -0.330. The average molecular weight is 367 g/mol. The molecule has 0 saturated carbocycles. The number of benzene rings is 1. The van der Waals surface area contributed by atoms with E-state index in [1.165, 1.54) is 3.57 Å². The summed E-state index contributed by atoms with van der Waals surface area (Å²) < 4.78 is 1.17. The van der Waals surface area contributed by atoms with E-state index in [0.29, 0.717) is 5.92 Å². The van der Waals surface area contributed by atoms with E-state index in [0.717, 1.165) is 18.8 Å². The predicted octanol–water partition coefficient (Wildman–Crippen LogP) is 2.51. The third-order valence-electron chi connectivity index (χ3n) is 3.05. The van der Waals surface area contributed by atoms with E-state index in [2.05, 4.69) is 33.2 Å². The zero-order valence-electron chi connectivity index (χ0n) is 9.57. The number of amides is 1. The van der Waals surface area contributed by atoms with Gasteiger partial charge in [-0.25, -0.2) is 0 Å². The Labute approximate surface area is 121 Å². The van der Waals surface area contributed by atoms with Gasteiger partial charge in [0.05, 0.1) is 0 Å². The molecular weight excluding hydrogens is 351 g/mol. The van der Waals surface area contributed by atoms with E-state index in [4.69, 9.17) is 0 Å². The highest BCUT2D eigenvalue weighted by Gasteiger charge is 2.28. The Morgan fingerprint density at radius 1 is 1.41 bits per heavy atom. The molecule has 1 amide bonds. The molecular formula is C12H16ClIN2O. The third kappa shape index (κ3) is 3.82. The molecule has 1 unspecified atom stereocenters. The first-order chi connectivity index (χ1) is 7.66. The van der Waals surface area contributed by atoms with Gasteiger partial charge in [0.1, 0.15) is 0 Å². The first-order valence-electron chi connectivity index (χ1n) is 5.44. The van der Waals surface area contributed by atoms with E-state index >= 15 is 0 Å². The molecule has 17 heavy (non-hydrogen) atoms. The van der Waals surface area contributed by atoms with Gasteiger partial charge >= 0.3 is 0 Å². The van der Waals surface area contributed by atoms with E-state index in [-0.39, 0.29) is 24.2 Å². The molecule has 1 heterocycles. The molecule has 1 aliphatic rings. The van der Waals surface area contributed by atoms with Gasteiger partial charge in [0, 0.05) is 15.2 Å². The smallest absolute Gasteiger partial charge is 0.227 e. The van der Waals surface area contributed by atoms with Gasteiger partial charge < -0.3 is 10.6 Å². The van der Waals surface area contributed by atoms with Crippen molar-refractivity contribution in [2.75, 3.05) is 18.4 Å². The number of nitrogens with one attached hydrogen (secondary N) is 2. The number of hydrogen-bond donors (Lipinski definition) is 2. The second-order valence-corrected chi connectivity index (χ2v) is 5.45. The molecule has 0 radical (unpaired) electrons. The van der Waals surface area contributed by atoms with Crippen LogP contribution in [-0.4, -0.2) is 19.0 Å². The lowest BCUT2D eigenvalue weighted by Gasteiger charge is -2.31. The van der Waals surface area contributed by atoms with Crippen LogP contribution >= 0.6 is 35.0 Å². The van der Waals surface area contributed by atoms with Crippen LogP contribution in [0.25, 0.3) is 0 Å². The van der Waals surface area contributed by atoms with Crippen LogP contribution in [-0.2, 0) is 4.79 Å². The molecule has 1 atom stereocenters. The molecule has 1 aromatic carbocycles. The van der Waals surface area contributed by atoms with E-state index in [9.17, 15) is 4.79 Å². The molecule has 5 heteroatoms. The number of hydrogen-bond acceptors (Lipinski definition) is 2. The van der Waals surface area contributed by atoms with Crippen molar-refractivity contribution >= 4 is 46.6 Å². The summed E-state index contributed by atoms with van der Waals surface area (Å²) in [6.07, 6.45) is 0. The van der Waals surface area contributed by atoms with Crippen LogP contribution in [0.15, 0.2) is 24.3 Å². The van der Waals surface area contributed by atoms with Crippen molar-refractivity contribution in [2.24, 2.45) is 11.8 Å². The molecule has 1 aromatic rings. The number of halogens is 2. The maximum atomic E-state index is 11.9. The fourth-order valence-electron chi connectivity index (χ4n) is 1.67. The molecule has 0 aliphatic carbocycles. The summed E-state index contributed by atoms with van der Waals surface area (Å²) in [5.74, 6) is 0.692. The minimum atomic E-state index is 0. The summed E-state index contributed by atoms with van der Waals surface area (Å²) in [5.41, 5.74) is 0.879. The zero-order chi connectivity index (χ0) is 11.5. The third-order valence-corrected chi connectivity index (χ3v) is 3.76. The summed E-state index contributed by atoms with van der Waals surface area (Å²) in [7, 11) is 0. The SMILES string of the molecule is CC(C(=O)Nc1ccc(I)cc1)C1CNC1.Cl. The van der Waals surface area contributed by atoms with Gasteiger partial charge in [0.2, 0.25) is 5.91 Å². The summed E-state index contributed by atoms with van der Waals surface area (Å²) in [6.45, 7) is 3.91. The summed E-state index contributed by atoms with van der Waals surface area (Å²) in [5, 5.41) is 6.14. The Morgan fingerprint density at radius 2 is 2.00 bits per heavy atom. The van der Waals surface area contributed by atoms with Crippen LogP contribution < -0.4 is 10.6 Å². The molecule has 2 N–H and O–H groups in total. The number of anilines is 1. The quantitative estimate of drug-likeness (QED) is 0.807. The Bertz CT molecular complexity index is 379. The van der Waals surface area contributed by atoms with Gasteiger partial charge in [-0.2, -0.15) is 0 Å². The first-order valence-corrected chi connectivity index (χ1v) is 6.52.